The molecule has 0 rings (SSSR count). The molecule has 0 aliphatic carbocycles. The molecule has 32 heavy (non-hydrogen) atoms. The second kappa shape index (κ2) is 17.4. The second-order valence-corrected chi connectivity index (χ2v) is 8.77. The maximum atomic E-state index is 11.9. The molecular formula is C22H42N4O6. The molecule has 0 heterocycles. The topological polar surface area (TPSA) is 157 Å². The number of hydrogen-bond donors (Lipinski definition) is 6. The normalized spacial score (nSPS) is 13.1. The molecule has 2 atom stereocenters. The first-order valence-electron chi connectivity index (χ1n) is 11.6. The van der Waals surface area contributed by atoms with E-state index in [-0.39, 0.29) is 11.8 Å². The summed E-state index contributed by atoms with van der Waals surface area (Å²) >= 11 is 0. The van der Waals surface area contributed by atoms with Crippen LogP contribution in [0.15, 0.2) is 0 Å². The highest BCUT2D eigenvalue weighted by Gasteiger charge is 2.23. The van der Waals surface area contributed by atoms with E-state index in [2.05, 4.69) is 10.6 Å². The molecule has 0 saturated heterocycles. The summed E-state index contributed by atoms with van der Waals surface area (Å²) in [5.41, 5.74) is 0. The minimum Gasteiger partial charge on any atom is -0.465 e. The predicted molar refractivity (Wildman–Crippen MR) is 123 cm³/mol. The van der Waals surface area contributed by atoms with Crippen molar-refractivity contribution < 1.29 is 29.4 Å². The number of unbranched alkanes of at least 4 members (excludes halogenated alkanes) is 7. The summed E-state index contributed by atoms with van der Waals surface area (Å²) < 4.78 is 0. The van der Waals surface area contributed by atoms with Crippen molar-refractivity contribution in [3.05, 3.63) is 0 Å². The van der Waals surface area contributed by atoms with Crippen LogP contribution in [0.5, 0.6) is 0 Å². The summed E-state index contributed by atoms with van der Waals surface area (Å²) in [4.78, 5) is 44.9. The quantitative estimate of drug-likeness (QED) is 0.182. The number of rotatable bonds is 17. The molecule has 0 aromatic carbocycles. The summed E-state index contributed by atoms with van der Waals surface area (Å²) in [5.74, 6) is -1.01. The summed E-state index contributed by atoms with van der Waals surface area (Å²) in [6.45, 7) is 8.86. The predicted octanol–water partition coefficient (Wildman–Crippen LogP) is 2.92. The first kappa shape index (κ1) is 29.8. The summed E-state index contributed by atoms with van der Waals surface area (Å²) in [5, 5.41) is 27.4. The minimum atomic E-state index is -1.33. The molecule has 0 aromatic rings. The Bertz CT molecular complexity index is 533. The van der Waals surface area contributed by atoms with Gasteiger partial charge in [-0.2, -0.15) is 0 Å². The maximum absolute atomic E-state index is 11.9. The van der Waals surface area contributed by atoms with Crippen molar-refractivity contribution in [1.82, 2.24) is 21.3 Å². The van der Waals surface area contributed by atoms with Gasteiger partial charge >= 0.3 is 12.2 Å². The Morgan fingerprint density at radius 3 is 1.09 bits per heavy atom. The lowest BCUT2D eigenvalue weighted by atomic mass is 10.0. The number of carboxylic acid groups (broad SMARTS) is 2. The fraction of sp³-hybridized carbons (Fsp3) is 0.818. The van der Waals surface area contributed by atoms with Crippen molar-refractivity contribution >= 4 is 24.0 Å². The standard InChI is InChI=1S/C22H42N4O6/c1-15(2)17(19(27)25-21(29)30)23-13-11-9-7-5-6-8-10-12-14-24-18(16(3)4)20(28)26-22(31)32/h15-18,23-24H,5-14H2,1-4H3,(H,25,27)(H,26,28)(H,29,30)(H,31,32). The van der Waals surface area contributed by atoms with Crippen molar-refractivity contribution in [2.45, 2.75) is 91.1 Å². The Morgan fingerprint density at radius 2 is 0.844 bits per heavy atom. The molecule has 10 heteroatoms. The molecular weight excluding hydrogens is 416 g/mol. The van der Waals surface area contributed by atoms with Gasteiger partial charge in [-0.3, -0.25) is 20.2 Å². The van der Waals surface area contributed by atoms with Crippen molar-refractivity contribution in [2.75, 3.05) is 13.1 Å². The van der Waals surface area contributed by atoms with Gasteiger partial charge in [-0.25, -0.2) is 9.59 Å². The van der Waals surface area contributed by atoms with Gasteiger partial charge in [0.15, 0.2) is 0 Å². The lowest BCUT2D eigenvalue weighted by molar-refractivity contribution is -0.124. The van der Waals surface area contributed by atoms with Gasteiger partial charge in [-0.1, -0.05) is 66.2 Å². The van der Waals surface area contributed by atoms with Gasteiger partial charge in [0.2, 0.25) is 11.8 Å². The Morgan fingerprint density at radius 1 is 0.562 bits per heavy atom. The van der Waals surface area contributed by atoms with Crippen molar-refractivity contribution in [3.63, 3.8) is 0 Å². The SMILES string of the molecule is CC(C)C(NCCCCCCCCCCNC(C(=O)NC(=O)O)C(C)C)C(=O)NC(=O)O. The zero-order chi connectivity index (χ0) is 24.5. The van der Waals surface area contributed by atoms with Gasteiger partial charge < -0.3 is 20.8 Å². The van der Waals surface area contributed by atoms with E-state index in [0.717, 1.165) is 51.4 Å². The average Bonchev–Trinajstić information content (AvgIpc) is 2.66. The summed E-state index contributed by atoms with van der Waals surface area (Å²) in [6.07, 6.45) is 5.79. The van der Waals surface area contributed by atoms with Gasteiger partial charge in [-0.05, 0) is 37.8 Å². The minimum absolute atomic E-state index is 0.00575. The van der Waals surface area contributed by atoms with E-state index in [0.29, 0.717) is 13.1 Å². The summed E-state index contributed by atoms with van der Waals surface area (Å²) in [7, 11) is 0. The monoisotopic (exact) mass is 458 g/mol. The number of carbonyl (C=O) groups is 4. The highest BCUT2D eigenvalue weighted by atomic mass is 16.4. The van der Waals surface area contributed by atoms with Crippen molar-refractivity contribution in [2.24, 2.45) is 11.8 Å². The van der Waals surface area contributed by atoms with Crippen LogP contribution in [0.2, 0.25) is 0 Å². The van der Waals surface area contributed by atoms with Crippen LogP contribution in [-0.2, 0) is 9.59 Å². The smallest absolute Gasteiger partial charge is 0.411 e. The van der Waals surface area contributed by atoms with Crippen LogP contribution in [0.25, 0.3) is 0 Å². The fourth-order valence-electron chi connectivity index (χ4n) is 3.45. The number of amides is 4. The third kappa shape index (κ3) is 14.7. The van der Waals surface area contributed by atoms with Gasteiger partial charge in [0.25, 0.3) is 0 Å². The Labute approximate surface area is 191 Å². The third-order valence-electron chi connectivity index (χ3n) is 5.19. The number of imide groups is 2. The van der Waals surface area contributed by atoms with E-state index in [9.17, 15) is 19.2 Å². The van der Waals surface area contributed by atoms with Crippen LogP contribution >= 0.6 is 0 Å². The lowest BCUT2D eigenvalue weighted by Gasteiger charge is -2.20. The Hall–Kier alpha value is -2.20. The Balaban J connectivity index is 3.77. The van der Waals surface area contributed by atoms with E-state index in [1.165, 1.54) is 0 Å². The van der Waals surface area contributed by atoms with E-state index >= 15 is 0 Å². The van der Waals surface area contributed by atoms with Gasteiger partial charge in [-0.15, -0.1) is 0 Å². The molecule has 10 nitrogen and oxygen atoms in total. The van der Waals surface area contributed by atoms with E-state index < -0.39 is 36.1 Å². The number of nitrogens with one attached hydrogen (secondary N) is 4. The molecule has 0 aliphatic rings. The van der Waals surface area contributed by atoms with E-state index in [4.69, 9.17) is 10.2 Å². The average molecular weight is 459 g/mol. The zero-order valence-corrected chi connectivity index (χ0v) is 19.9. The second-order valence-electron chi connectivity index (χ2n) is 8.77. The van der Waals surface area contributed by atoms with Crippen LogP contribution in [0, 0.1) is 11.8 Å². The first-order valence-corrected chi connectivity index (χ1v) is 11.6. The van der Waals surface area contributed by atoms with Crippen LogP contribution in [0.1, 0.15) is 79.1 Å². The first-order chi connectivity index (χ1) is 15.1. The van der Waals surface area contributed by atoms with Gasteiger partial charge in [0, 0.05) is 0 Å². The maximum Gasteiger partial charge on any atom is 0.411 e. The van der Waals surface area contributed by atoms with Crippen LogP contribution < -0.4 is 21.3 Å². The molecule has 0 radical (unpaired) electrons. The van der Waals surface area contributed by atoms with Gasteiger partial charge in [0.05, 0.1) is 12.1 Å². The fourth-order valence-corrected chi connectivity index (χ4v) is 3.45. The van der Waals surface area contributed by atoms with Crippen molar-refractivity contribution in [3.8, 4) is 0 Å². The molecule has 0 bridgehead atoms. The van der Waals surface area contributed by atoms with E-state index in [1.807, 2.05) is 38.3 Å². The summed E-state index contributed by atoms with van der Waals surface area (Å²) in [6, 6.07) is -1.02. The van der Waals surface area contributed by atoms with Gasteiger partial charge in [0.1, 0.15) is 0 Å². The molecule has 0 aromatic heterocycles. The number of hydrogen-bond acceptors (Lipinski definition) is 6. The van der Waals surface area contributed by atoms with E-state index in [1.54, 1.807) is 0 Å². The van der Waals surface area contributed by atoms with Crippen LogP contribution in [-0.4, -0.2) is 59.4 Å². The molecule has 0 saturated carbocycles. The highest BCUT2D eigenvalue weighted by Crippen LogP contribution is 2.09. The largest absolute Gasteiger partial charge is 0.465 e. The van der Waals surface area contributed by atoms with Crippen LogP contribution in [0.3, 0.4) is 0 Å². The molecule has 2 unspecified atom stereocenters. The van der Waals surface area contributed by atoms with Crippen LogP contribution in [0.4, 0.5) is 9.59 Å². The Kier molecular flexibility index (Phi) is 16.2. The molecule has 0 aliphatic heterocycles. The highest BCUT2D eigenvalue weighted by molar-refractivity contribution is 5.94. The molecule has 0 fully saturated rings. The third-order valence-corrected chi connectivity index (χ3v) is 5.19. The molecule has 0 spiro atoms. The molecule has 4 amide bonds. The van der Waals surface area contributed by atoms with Crippen molar-refractivity contribution in [1.29, 1.82) is 0 Å². The zero-order valence-electron chi connectivity index (χ0n) is 19.9. The molecule has 186 valence electrons. The molecule has 6 N–H and O–H groups in total. The lowest BCUT2D eigenvalue weighted by Crippen LogP contribution is -2.49. The number of carbonyl (C=O) groups excluding carboxylic acids is 2.